The van der Waals surface area contributed by atoms with Crippen LogP contribution in [0.3, 0.4) is 0 Å². The van der Waals surface area contributed by atoms with E-state index in [1.807, 2.05) is 27.7 Å². The Morgan fingerprint density at radius 1 is 1.33 bits per heavy atom. The van der Waals surface area contributed by atoms with E-state index in [1.54, 1.807) is 11.9 Å². The van der Waals surface area contributed by atoms with Crippen molar-refractivity contribution in [3.8, 4) is 0 Å². The molecule has 0 aromatic carbocycles. The largest absolute Gasteiger partial charge is 0.434 e. The summed E-state index contributed by atoms with van der Waals surface area (Å²) >= 11 is 0.968. The number of thiazole rings is 1. The van der Waals surface area contributed by atoms with Crippen LogP contribution in [0.4, 0.5) is 13.2 Å². The maximum absolute atomic E-state index is 12.6. The predicted octanol–water partition coefficient (Wildman–Crippen LogP) is 3.13. The maximum Gasteiger partial charge on any atom is 0.434 e. The van der Waals surface area contributed by atoms with E-state index in [1.165, 1.54) is 0 Å². The van der Waals surface area contributed by atoms with E-state index >= 15 is 0 Å². The van der Waals surface area contributed by atoms with Gasteiger partial charge in [-0.05, 0) is 27.7 Å². The van der Waals surface area contributed by atoms with Crippen LogP contribution in [-0.2, 0) is 17.4 Å². The topological polar surface area (TPSA) is 69.6 Å². The van der Waals surface area contributed by atoms with Crippen LogP contribution in [0.15, 0.2) is 10.4 Å². The Morgan fingerprint density at radius 2 is 1.96 bits per heavy atom. The van der Waals surface area contributed by atoms with Gasteiger partial charge < -0.3 is 15.5 Å². The second-order valence-corrected chi connectivity index (χ2v) is 7.71. The summed E-state index contributed by atoms with van der Waals surface area (Å²) in [6.45, 7) is 8.60. The third-order valence-electron chi connectivity index (χ3n) is 3.02. The fourth-order valence-corrected chi connectivity index (χ4v) is 2.83. The average molecular weight is 521 g/mol. The number of aliphatic imine (C=N–C) groups is 1. The minimum Gasteiger partial charge on any atom is -0.357 e. The minimum atomic E-state index is -4.42. The number of nitrogens with zero attached hydrogens (tertiary/aromatic N) is 3. The molecule has 27 heavy (non-hydrogen) atoms. The lowest BCUT2D eigenvalue weighted by Crippen LogP contribution is -2.48. The molecule has 1 rings (SSSR count). The van der Waals surface area contributed by atoms with Crippen LogP contribution in [0.5, 0.6) is 0 Å². The minimum absolute atomic E-state index is 0. The lowest BCUT2D eigenvalue weighted by Gasteiger charge is -2.25. The van der Waals surface area contributed by atoms with Crippen molar-refractivity contribution < 1.29 is 18.0 Å². The first-order chi connectivity index (χ1) is 11.9. The summed E-state index contributed by atoms with van der Waals surface area (Å²) < 4.78 is 37.7. The molecule has 1 aromatic heterocycles. The smallest absolute Gasteiger partial charge is 0.357 e. The Morgan fingerprint density at radius 3 is 2.44 bits per heavy atom. The fourth-order valence-electron chi connectivity index (χ4n) is 2.03. The number of alkyl halides is 3. The van der Waals surface area contributed by atoms with Gasteiger partial charge in [0.05, 0.1) is 11.6 Å². The lowest BCUT2D eigenvalue weighted by atomic mass is 10.1. The molecule has 156 valence electrons. The number of hydrogen-bond acceptors (Lipinski definition) is 4. The van der Waals surface area contributed by atoms with E-state index in [0.717, 1.165) is 16.7 Å². The second-order valence-electron chi connectivity index (χ2n) is 6.76. The number of halogens is 4. The quantitative estimate of drug-likeness (QED) is 0.343. The third kappa shape index (κ3) is 10.1. The molecule has 0 bridgehead atoms. The van der Waals surface area contributed by atoms with Gasteiger partial charge in [0.15, 0.2) is 11.7 Å². The van der Waals surface area contributed by atoms with Crippen molar-refractivity contribution in [2.75, 3.05) is 26.7 Å². The number of aromatic nitrogens is 1. The normalized spacial score (nSPS) is 12.4. The SMILES string of the molecule is CCNC(=NCCc1nc(C(F)(F)F)cs1)N(C)CC(=O)NC(C)(C)C.I. The van der Waals surface area contributed by atoms with Gasteiger partial charge in [-0.1, -0.05) is 0 Å². The molecular formula is C16H27F3IN5OS. The molecule has 11 heteroatoms. The van der Waals surface area contributed by atoms with Gasteiger partial charge >= 0.3 is 6.18 Å². The number of carbonyl (C=O) groups excluding carboxylic acids is 1. The van der Waals surface area contributed by atoms with Gasteiger partial charge in [0, 0.05) is 37.5 Å². The molecule has 0 saturated heterocycles. The van der Waals surface area contributed by atoms with Crippen molar-refractivity contribution >= 4 is 47.2 Å². The molecule has 6 nitrogen and oxygen atoms in total. The molecular weight excluding hydrogens is 494 g/mol. The Kier molecular flexibility index (Phi) is 10.6. The van der Waals surface area contributed by atoms with Crippen molar-refractivity contribution in [1.29, 1.82) is 0 Å². The van der Waals surface area contributed by atoms with E-state index in [0.29, 0.717) is 23.9 Å². The van der Waals surface area contributed by atoms with Gasteiger partial charge in [0.1, 0.15) is 0 Å². The summed E-state index contributed by atoms with van der Waals surface area (Å²) in [6.07, 6.45) is -4.12. The van der Waals surface area contributed by atoms with E-state index in [2.05, 4.69) is 20.6 Å². The number of carbonyl (C=O) groups is 1. The van der Waals surface area contributed by atoms with Crippen LogP contribution < -0.4 is 10.6 Å². The van der Waals surface area contributed by atoms with Crippen LogP contribution in [0.25, 0.3) is 0 Å². The van der Waals surface area contributed by atoms with Crippen LogP contribution in [0.2, 0.25) is 0 Å². The number of rotatable bonds is 6. The van der Waals surface area contributed by atoms with Crippen LogP contribution >= 0.6 is 35.3 Å². The summed E-state index contributed by atoms with van der Waals surface area (Å²) in [5.41, 5.74) is -1.20. The van der Waals surface area contributed by atoms with Crippen molar-refractivity contribution in [2.45, 2.75) is 45.8 Å². The highest BCUT2D eigenvalue weighted by Gasteiger charge is 2.33. The van der Waals surface area contributed by atoms with Gasteiger partial charge in [-0.3, -0.25) is 9.79 Å². The summed E-state index contributed by atoms with van der Waals surface area (Å²) in [5, 5.41) is 7.32. The van der Waals surface area contributed by atoms with Crippen LogP contribution in [-0.4, -0.2) is 54.0 Å². The fraction of sp³-hybridized carbons (Fsp3) is 0.688. The lowest BCUT2D eigenvalue weighted by molar-refractivity contribution is -0.140. The molecule has 0 saturated carbocycles. The number of amides is 1. The second kappa shape index (κ2) is 11.0. The number of guanidine groups is 1. The molecule has 1 amide bonds. The highest BCUT2D eigenvalue weighted by molar-refractivity contribution is 14.0. The molecule has 0 aliphatic carbocycles. The van der Waals surface area contributed by atoms with Gasteiger partial charge in [0.25, 0.3) is 0 Å². The summed E-state index contributed by atoms with van der Waals surface area (Å²) in [5.74, 6) is 0.379. The van der Waals surface area contributed by atoms with E-state index in [4.69, 9.17) is 0 Å². The van der Waals surface area contributed by atoms with Gasteiger partial charge in [-0.2, -0.15) is 13.2 Å². The van der Waals surface area contributed by atoms with E-state index in [9.17, 15) is 18.0 Å². The summed E-state index contributed by atoms with van der Waals surface area (Å²) in [4.78, 5) is 21.6. The van der Waals surface area contributed by atoms with Crippen molar-refractivity contribution in [3.05, 3.63) is 16.1 Å². The maximum atomic E-state index is 12.6. The van der Waals surface area contributed by atoms with Crippen molar-refractivity contribution in [3.63, 3.8) is 0 Å². The molecule has 0 fully saturated rings. The molecule has 0 radical (unpaired) electrons. The molecule has 0 aliphatic rings. The average Bonchev–Trinajstić information content (AvgIpc) is 2.93. The summed E-state index contributed by atoms with van der Waals surface area (Å²) in [6, 6.07) is 0. The molecule has 1 heterocycles. The Hall–Kier alpha value is -1.11. The molecule has 1 aromatic rings. The summed E-state index contributed by atoms with van der Waals surface area (Å²) in [7, 11) is 1.73. The molecule has 0 spiro atoms. The zero-order valence-electron chi connectivity index (χ0n) is 16.1. The molecule has 0 aliphatic heterocycles. The van der Waals surface area contributed by atoms with Crippen LogP contribution in [0, 0.1) is 0 Å². The molecule has 0 atom stereocenters. The first-order valence-electron chi connectivity index (χ1n) is 8.24. The van der Waals surface area contributed by atoms with Crippen LogP contribution in [0.1, 0.15) is 38.4 Å². The monoisotopic (exact) mass is 521 g/mol. The zero-order chi connectivity index (χ0) is 20.0. The zero-order valence-corrected chi connectivity index (χ0v) is 19.3. The first kappa shape index (κ1) is 25.9. The predicted molar refractivity (Wildman–Crippen MR) is 113 cm³/mol. The van der Waals surface area contributed by atoms with Gasteiger partial charge in [0.2, 0.25) is 5.91 Å². The van der Waals surface area contributed by atoms with E-state index < -0.39 is 11.9 Å². The van der Waals surface area contributed by atoms with Crippen molar-refractivity contribution in [2.24, 2.45) is 4.99 Å². The Labute approximate surface area is 179 Å². The highest BCUT2D eigenvalue weighted by Crippen LogP contribution is 2.30. The highest BCUT2D eigenvalue weighted by atomic mass is 127. The van der Waals surface area contributed by atoms with Crippen molar-refractivity contribution in [1.82, 2.24) is 20.5 Å². The Bertz CT molecular complexity index is 628. The van der Waals surface area contributed by atoms with Gasteiger partial charge in [-0.15, -0.1) is 35.3 Å². The molecule has 0 unspecified atom stereocenters. The number of nitrogens with one attached hydrogen (secondary N) is 2. The molecule has 2 N–H and O–H groups in total. The van der Waals surface area contributed by atoms with E-state index in [-0.39, 0.29) is 48.5 Å². The van der Waals surface area contributed by atoms with Gasteiger partial charge in [-0.25, -0.2) is 4.98 Å². The number of hydrogen-bond donors (Lipinski definition) is 2. The third-order valence-corrected chi connectivity index (χ3v) is 3.93. The Balaban J connectivity index is 0.00000676. The first-order valence-corrected chi connectivity index (χ1v) is 9.12. The standard InChI is InChI=1S/C16H26F3N5OS.HI/c1-6-20-14(24(5)9-12(25)23-15(2,3)4)21-8-7-13-22-11(10-26-13)16(17,18)19;/h10H,6-9H2,1-5H3,(H,20,21)(H,23,25);1H. The number of likely N-dealkylation sites (N-methyl/N-ethyl adjacent to an activating group) is 1.